The van der Waals surface area contributed by atoms with Crippen molar-refractivity contribution in [2.75, 3.05) is 46.1 Å². The molecule has 0 spiro atoms. The molecule has 0 saturated carbocycles. The molecule has 0 bridgehead atoms. The molecule has 24 heavy (non-hydrogen) atoms. The van der Waals surface area contributed by atoms with Gasteiger partial charge in [-0.3, -0.25) is 9.69 Å². The zero-order chi connectivity index (χ0) is 16.5. The van der Waals surface area contributed by atoms with Crippen molar-refractivity contribution in [2.24, 2.45) is 0 Å². The zero-order valence-electron chi connectivity index (χ0n) is 14.0. The first-order chi connectivity index (χ1) is 11.8. The molecule has 1 aromatic heterocycles. The fourth-order valence-corrected chi connectivity index (χ4v) is 4.75. The van der Waals surface area contributed by atoms with Gasteiger partial charge in [-0.25, -0.2) is 0 Å². The van der Waals surface area contributed by atoms with E-state index in [0.717, 1.165) is 32.7 Å². The zero-order valence-corrected chi connectivity index (χ0v) is 14.8. The van der Waals surface area contributed by atoms with Crippen LogP contribution in [0.1, 0.15) is 29.4 Å². The molecule has 2 fully saturated rings. The van der Waals surface area contributed by atoms with Gasteiger partial charge in [0.1, 0.15) is 18.1 Å². The summed E-state index contributed by atoms with van der Waals surface area (Å²) in [6, 6.07) is 0.804. The van der Waals surface area contributed by atoms with Crippen LogP contribution in [-0.4, -0.2) is 73.9 Å². The van der Waals surface area contributed by atoms with E-state index in [1.54, 1.807) is 0 Å². The van der Waals surface area contributed by atoms with Crippen molar-refractivity contribution in [2.45, 2.75) is 31.8 Å². The average molecular weight is 352 g/mol. The minimum Gasteiger partial charge on any atom is -0.485 e. The van der Waals surface area contributed by atoms with Crippen LogP contribution in [0.25, 0.3) is 0 Å². The quantitative estimate of drug-likeness (QED) is 0.831. The number of thiophene rings is 1. The SMILES string of the molecule is CCC[C@H]1COC[C@H]2CN(C(=O)c3scc4c3OCCO4)CCN12. The van der Waals surface area contributed by atoms with Crippen LogP contribution in [0.3, 0.4) is 0 Å². The van der Waals surface area contributed by atoms with Gasteiger partial charge < -0.3 is 19.1 Å². The number of hydrogen-bond donors (Lipinski definition) is 0. The topological polar surface area (TPSA) is 51.2 Å². The molecule has 0 N–H and O–H groups in total. The first-order valence-corrected chi connectivity index (χ1v) is 9.65. The van der Waals surface area contributed by atoms with Crippen molar-refractivity contribution in [3.8, 4) is 11.5 Å². The molecule has 7 heteroatoms. The highest BCUT2D eigenvalue weighted by atomic mass is 32.1. The van der Waals surface area contributed by atoms with E-state index in [9.17, 15) is 4.79 Å². The van der Waals surface area contributed by atoms with Crippen LogP contribution in [0.5, 0.6) is 11.5 Å². The van der Waals surface area contributed by atoms with Gasteiger partial charge in [-0.1, -0.05) is 13.3 Å². The summed E-state index contributed by atoms with van der Waals surface area (Å²) < 4.78 is 17.0. The van der Waals surface area contributed by atoms with Crippen LogP contribution in [0.15, 0.2) is 5.38 Å². The number of rotatable bonds is 3. The predicted octanol–water partition coefficient (Wildman–Crippen LogP) is 1.84. The van der Waals surface area contributed by atoms with Crippen LogP contribution < -0.4 is 9.47 Å². The Hall–Kier alpha value is -1.31. The van der Waals surface area contributed by atoms with Crippen LogP contribution in [0.4, 0.5) is 0 Å². The Morgan fingerprint density at radius 3 is 3.04 bits per heavy atom. The highest BCUT2D eigenvalue weighted by molar-refractivity contribution is 7.12. The Bertz CT molecular complexity index is 603. The highest BCUT2D eigenvalue weighted by Crippen LogP contribution is 2.40. The monoisotopic (exact) mass is 352 g/mol. The minimum atomic E-state index is 0.0593. The molecular formula is C17H24N2O4S. The molecular weight excluding hydrogens is 328 g/mol. The summed E-state index contributed by atoms with van der Waals surface area (Å²) >= 11 is 1.42. The van der Waals surface area contributed by atoms with E-state index in [0.29, 0.717) is 48.3 Å². The number of amides is 1. The van der Waals surface area contributed by atoms with Crippen LogP contribution in [0, 0.1) is 0 Å². The molecule has 2 saturated heterocycles. The summed E-state index contributed by atoms with van der Waals surface area (Å²) in [5.74, 6) is 1.39. The summed E-state index contributed by atoms with van der Waals surface area (Å²) in [6.45, 7) is 7.23. The van der Waals surface area contributed by atoms with Gasteiger partial charge in [-0.05, 0) is 6.42 Å². The van der Waals surface area contributed by atoms with E-state index < -0.39 is 0 Å². The summed E-state index contributed by atoms with van der Waals surface area (Å²) in [5.41, 5.74) is 0. The lowest BCUT2D eigenvalue weighted by molar-refractivity contribution is -0.0776. The van der Waals surface area contributed by atoms with E-state index in [4.69, 9.17) is 14.2 Å². The Kier molecular flexibility index (Phi) is 4.65. The normalized spacial score (nSPS) is 27.0. The van der Waals surface area contributed by atoms with E-state index >= 15 is 0 Å². The molecule has 0 radical (unpaired) electrons. The maximum absolute atomic E-state index is 13.0. The molecule has 4 rings (SSSR count). The van der Waals surface area contributed by atoms with Crippen molar-refractivity contribution in [3.05, 3.63) is 10.3 Å². The lowest BCUT2D eigenvalue weighted by atomic mass is 10.0. The van der Waals surface area contributed by atoms with Crippen molar-refractivity contribution in [1.82, 2.24) is 9.80 Å². The van der Waals surface area contributed by atoms with Crippen molar-refractivity contribution < 1.29 is 19.0 Å². The highest BCUT2D eigenvalue weighted by Gasteiger charge is 2.38. The lowest BCUT2D eigenvalue weighted by Gasteiger charge is -2.48. The Balaban J connectivity index is 1.46. The van der Waals surface area contributed by atoms with Gasteiger partial charge in [-0.15, -0.1) is 11.3 Å². The summed E-state index contributed by atoms with van der Waals surface area (Å²) in [6.07, 6.45) is 2.33. The molecule has 6 nitrogen and oxygen atoms in total. The summed E-state index contributed by atoms with van der Waals surface area (Å²) in [7, 11) is 0. The fourth-order valence-electron chi connectivity index (χ4n) is 3.86. The molecule has 3 aliphatic heterocycles. The molecule has 2 atom stereocenters. The third kappa shape index (κ3) is 2.89. The Labute approximate surface area is 146 Å². The largest absolute Gasteiger partial charge is 0.485 e. The van der Waals surface area contributed by atoms with Gasteiger partial charge in [0.2, 0.25) is 0 Å². The van der Waals surface area contributed by atoms with Gasteiger partial charge in [-0.2, -0.15) is 0 Å². The minimum absolute atomic E-state index is 0.0593. The van der Waals surface area contributed by atoms with Crippen molar-refractivity contribution in [3.63, 3.8) is 0 Å². The average Bonchev–Trinajstić information content (AvgIpc) is 3.05. The van der Waals surface area contributed by atoms with E-state index in [2.05, 4.69) is 11.8 Å². The van der Waals surface area contributed by atoms with Gasteiger partial charge in [0.15, 0.2) is 11.5 Å². The molecule has 132 valence electrons. The molecule has 0 aromatic carbocycles. The molecule has 1 aromatic rings. The Morgan fingerprint density at radius 1 is 1.29 bits per heavy atom. The third-order valence-electron chi connectivity index (χ3n) is 5.02. The smallest absolute Gasteiger partial charge is 0.268 e. The molecule has 0 aliphatic carbocycles. The second-order valence-electron chi connectivity index (χ2n) is 6.58. The van der Waals surface area contributed by atoms with E-state index in [1.165, 1.54) is 17.8 Å². The maximum atomic E-state index is 13.0. The van der Waals surface area contributed by atoms with Gasteiger partial charge in [0.05, 0.1) is 19.3 Å². The number of hydrogen-bond acceptors (Lipinski definition) is 6. The molecule has 0 unspecified atom stereocenters. The van der Waals surface area contributed by atoms with Crippen molar-refractivity contribution in [1.29, 1.82) is 0 Å². The summed E-state index contributed by atoms with van der Waals surface area (Å²) in [5, 5.41) is 1.87. The fraction of sp³-hybridized carbons (Fsp3) is 0.706. The maximum Gasteiger partial charge on any atom is 0.268 e. The number of piperazine rings is 1. The first-order valence-electron chi connectivity index (χ1n) is 8.77. The standard InChI is InChI=1S/C17H24N2O4S/c1-2-3-12-9-21-10-13-8-18(4-5-19(12)13)17(20)16-15-14(11-24-16)22-6-7-23-15/h11-13H,2-10H2,1H3/t12-,13+/m0/s1. The second kappa shape index (κ2) is 6.90. The number of carbonyl (C=O) groups is 1. The van der Waals surface area contributed by atoms with Gasteiger partial charge in [0, 0.05) is 31.1 Å². The van der Waals surface area contributed by atoms with Gasteiger partial charge >= 0.3 is 0 Å². The van der Waals surface area contributed by atoms with Crippen molar-refractivity contribution >= 4 is 17.2 Å². The Morgan fingerprint density at radius 2 is 2.17 bits per heavy atom. The van der Waals surface area contributed by atoms with Crippen LogP contribution in [0.2, 0.25) is 0 Å². The number of ether oxygens (including phenoxy) is 3. The van der Waals surface area contributed by atoms with E-state index in [1.807, 2.05) is 10.3 Å². The van der Waals surface area contributed by atoms with E-state index in [-0.39, 0.29) is 5.91 Å². The second-order valence-corrected chi connectivity index (χ2v) is 7.46. The number of nitrogens with zero attached hydrogens (tertiary/aromatic N) is 2. The summed E-state index contributed by atoms with van der Waals surface area (Å²) in [4.78, 5) is 18.1. The number of morpholine rings is 1. The lowest BCUT2D eigenvalue weighted by Crippen LogP contribution is -2.62. The van der Waals surface area contributed by atoms with Crippen LogP contribution >= 0.6 is 11.3 Å². The first kappa shape index (κ1) is 16.2. The van der Waals surface area contributed by atoms with Crippen LogP contribution in [-0.2, 0) is 4.74 Å². The molecule has 3 aliphatic rings. The third-order valence-corrected chi connectivity index (χ3v) is 5.95. The number of carbonyl (C=O) groups excluding carboxylic acids is 1. The molecule has 4 heterocycles. The number of fused-ring (bicyclic) bond motifs is 2. The predicted molar refractivity (Wildman–Crippen MR) is 91.2 cm³/mol. The van der Waals surface area contributed by atoms with Gasteiger partial charge in [0.25, 0.3) is 5.91 Å². The molecule has 1 amide bonds.